The average Bonchev–Trinajstić information content (AvgIpc) is 2.47. The van der Waals surface area contributed by atoms with Crippen molar-refractivity contribution in [3.63, 3.8) is 0 Å². The van der Waals surface area contributed by atoms with Crippen LogP contribution in [0.1, 0.15) is 10.4 Å². The first kappa shape index (κ1) is 14.9. The summed E-state index contributed by atoms with van der Waals surface area (Å²) < 4.78 is 5.43. The van der Waals surface area contributed by atoms with Gasteiger partial charge in [0.2, 0.25) is 0 Å². The predicted octanol–water partition coefficient (Wildman–Crippen LogP) is 3.01. The maximum atomic E-state index is 12.1. The summed E-state index contributed by atoms with van der Waals surface area (Å²) in [6, 6.07) is 5.71. The number of methoxy groups -OCH3 is 1. The minimum atomic E-state index is -0.584. The summed E-state index contributed by atoms with van der Waals surface area (Å²) in [6.07, 6.45) is 2.93. The van der Waals surface area contributed by atoms with Gasteiger partial charge in [0.25, 0.3) is 11.6 Å². The van der Waals surface area contributed by atoms with Crippen molar-refractivity contribution >= 4 is 33.2 Å². The van der Waals surface area contributed by atoms with E-state index in [-0.39, 0.29) is 11.4 Å². The smallest absolute Gasteiger partial charge is 0.296 e. The van der Waals surface area contributed by atoms with E-state index in [1.54, 1.807) is 0 Å². The van der Waals surface area contributed by atoms with Gasteiger partial charge < -0.3 is 10.1 Å². The topological polar surface area (TPSA) is 94.4 Å². The van der Waals surface area contributed by atoms with E-state index in [0.29, 0.717) is 15.8 Å². The van der Waals surface area contributed by atoms with Gasteiger partial charge in [-0.2, -0.15) is 0 Å². The zero-order valence-electron chi connectivity index (χ0n) is 10.9. The SMILES string of the molecule is COc1ccc(NC(=O)c2ccncc2Br)c([N+](=O)[O-])c1. The molecule has 0 radical (unpaired) electrons. The van der Waals surface area contributed by atoms with Crippen LogP contribution in [0.15, 0.2) is 41.1 Å². The molecule has 0 saturated heterocycles. The summed E-state index contributed by atoms with van der Waals surface area (Å²) in [5.41, 5.74) is 0.178. The largest absolute Gasteiger partial charge is 0.496 e. The first-order chi connectivity index (χ1) is 10.0. The normalized spacial score (nSPS) is 10.0. The Labute approximate surface area is 128 Å². The van der Waals surface area contributed by atoms with Crippen LogP contribution >= 0.6 is 15.9 Å². The van der Waals surface area contributed by atoms with Gasteiger partial charge in [-0.05, 0) is 34.1 Å². The van der Waals surface area contributed by atoms with Gasteiger partial charge in [-0.3, -0.25) is 19.9 Å². The van der Waals surface area contributed by atoms with Gasteiger partial charge >= 0.3 is 0 Å². The molecule has 0 aliphatic heterocycles. The summed E-state index contributed by atoms with van der Waals surface area (Å²) >= 11 is 3.20. The van der Waals surface area contributed by atoms with Gasteiger partial charge in [0, 0.05) is 16.9 Å². The Hall–Kier alpha value is -2.48. The van der Waals surface area contributed by atoms with E-state index in [1.165, 1.54) is 43.8 Å². The number of carbonyl (C=O) groups is 1. The number of ether oxygens (including phenoxy) is 1. The van der Waals surface area contributed by atoms with Crippen molar-refractivity contribution in [2.75, 3.05) is 12.4 Å². The zero-order chi connectivity index (χ0) is 15.4. The number of anilines is 1. The first-order valence-corrected chi connectivity index (χ1v) is 6.55. The molecule has 0 aliphatic rings. The van der Waals surface area contributed by atoms with Crippen molar-refractivity contribution in [2.45, 2.75) is 0 Å². The summed E-state index contributed by atoms with van der Waals surface area (Å²) in [6.45, 7) is 0. The molecule has 1 aromatic carbocycles. The lowest BCUT2D eigenvalue weighted by atomic mass is 10.2. The van der Waals surface area contributed by atoms with Crippen molar-refractivity contribution in [3.05, 3.63) is 56.8 Å². The number of nitro groups is 1. The second kappa shape index (κ2) is 6.31. The fourth-order valence-corrected chi connectivity index (χ4v) is 2.07. The summed E-state index contributed by atoms with van der Waals surface area (Å²) in [5, 5.41) is 13.6. The molecule has 108 valence electrons. The Morgan fingerprint density at radius 3 is 2.81 bits per heavy atom. The minimum absolute atomic E-state index is 0.0921. The third-order valence-corrected chi connectivity index (χ3v) is 3.30. The number of aromatic nitrogens is 1. The van der Waals surface area contributed by atoms with Gasteiger partial charge in [0.05, 0.1) is 23.7 Å². The molecule has 0 fully saturated rings. The third-order valence-electron chi connectivity index (χ3n) is 2.67. The third kappa shape index (κ3) is 3.34. The number of hydrogen-bond acceptors (Lipinski definition) is 5. The van der Waals surface area contributed by atoms with Gasteiger partial charge in [-0.1, -0.05) is 0 Å². The molecule has 0 unspecified atom stereocenters. The van der Waals surface area contributed by atoms with Gasteiger partial charge in [-0.25, -0.2) is 0 Å². The maximum absolute atomic E-state index is 12.1. The van der Waals surface area contributed by atoms with Crippen LogP contribution in [-0.4, -0.2) is 22.9 Å². The fourth-order valence-electron chi connectivity index (χ4n) is 1.64. The van der Waals surface area contributed by atoms with E-state index in [9.17, 15) is 14.9 Å². The minimum Gasteiger partial charge on any atom is -0.496 e. The molecule has 2 aromatic rings. The number of nitrogens with one attached hydrogen (secondary N) is 1. The quantitative estimate of drug-likeness (QED) is 0.674. The Morgan fingerprint density at radius 1 is 1.43 bits per heavy atom. The number of rotatable bonds is 4. The number of pyridine rings is 1. The second-order valence-corrected chi connectivity index (χ2v) is 4.80. The second-order valence-electron chi connectivity index (χ2n) is 3.95. The molecule has 1 amide bonds. The Bertz CT molecular complexity index is 706. The Kier molecular flexibility index (Phi) is 4.49. The molecule has 1 N–H and O–H groups in total. The fraction of sp³-hybridized carbons (Fsp3) is 0.0769. The molecule has 0 bridgehead atoms. The van der Waals surface area contributed by atoms with Gasteiger partial charge in [0.1, 0.15) is 11.4 Å². The molecule has 1 aromatic heterocycles. The van der Waals surface area contributed by atoms with E-state index in [1.807, 2.05) is 0 Å². The highest BCUT2D eigenvalue weighted by atomic mass is 79.9. The van der Waals surface area contributed by atoms with E-state index in [2.05, 4.69) is 26.2 Å². The maximum Gasteiger partial charge on any atom is 0.296 e. The number of nitro benzene ring substituents is 1. The number of amides is 1. The lowest BCUT2D eigenvalue weighted by molar-refractivity contribution is -0.384. The molecule has 0 aliphatic carbocycles. The summed E-state index contributed by atoms with van der Waals surface area (Å²) in [5.74, 6) is -0.137. The molecule has 0 saturated carbocycles. The molecular weight excluding hydrogens is 342 g/mol. The molecule has 1 heterocycles. The zero-order valence-corrected chi connectivity index (χ0v) is 12.5. The molecule has 7 nitrogen and oxygen atoms in total. The lowest BCUT2D eigenvalue weighted by Crippen LogP contribution is -2.14. The highest BCUT2D eigenvalue weighted by Crippen LogP contribution is 2.29. The summed E-state index contributed by atoms with van der Waals surface area (Å²) in [7, 11) is 1.41. The predicted molar refractivity (Wildman–Crippen MR) is 79.5 cm³/mol. The van der Waals surface area contributed by atoms with E-state index in [4.69, 9.17) is 4.74 Å². The van der Waals surface area contributed by atoms with Crippen LogP contribution in [0.4, 0.5) is 11.4 Å². The van der Waals surface area contributed by atoms with Gasteiger partial charge in [-0.15, -0.1) is 0 Å². The lowest BCUT2D eigenvalue weighted by Gasteiger charge is -2.08. The molecule has 0 atom stereocenters. The van der Waals surface area contributed by atoms with Crippen LogP contribution in [-0.2, 0) is 0 Å². The molecule has 2 rings (SSSR count). The number of nitrogens with zero attached hydrogens (tertiary/aromatic N) is 2. The van der Waals surface area contributed by atoms with Crippen LogP contribution in [0.3, 0.4) is 0 Å². The summed E-state index contributed by atoms with van der Waals surface area (Å²) in [4.78, 5) is 26.5. The first-order valence-electron chi connectivity index (χ1n) is 5.76. The standard InChI is InChI=1S/C13H10BrN3O4/c1-21-8-2-3-11(12(6-8)17(19)20)16-13(18)9-4-5-15-7-10(9)14/h2-7H,1H3,(H,16,18). The van der Waals surface area contributed by atoms with Crippen LogP contribution in [0.2, 0.25) is 0 Å². The highest BCUT2D eigenvalue weighted by Gasteiger charge is 2.18. The van der Waals surface area contributed by atoms with Crippen LogP contribution in [0.25, 0.3) is 0 Å². The number of carbonyl (C=O) groups excluding carboxylic acids is 1. The van der Waals surface area contributed by atoms with E-state index >= 15 is 0 Å². The van der Waals surface area contributed by atoms with Crippen molar-refractivity contribution < 1.29 is 14.5 Å². The molecule has 21 heavy (non-hydrogen) atoms. The van der Waals surface area contributed by atoms with Crippen LogP contribution in [0, 0.1) is 10.1 Å². The number of hydrogen-bond donors (Lipinski definition) is 1. The van der Waals surface area contributed by atoms with Crippen molar-refractivity contribution in [2.24, 2.45) is 0 Å². The molecular formula is C13H10BrN3O4. The van der Waals surface area contributed by atoms with Gasteiger partial charge in [0.15, 0.2) is 0 Å². The average molecular weight is 352 g/mol. The van der Waals surface area contributed by atoms with E-state index < -0.39 is 10.8 Å². The van der Waals surface area contributed by atoms with Crippen LogP contribution in [0.5, 0.6) is 5.75 Å². The highest BCUT2D eigenvalue weighted by molar-refractivity contribution is 9.10. The number of benzene rings is 1. The molecule has 8 heteroatoms. The van der Waals surface area contributed by atoms with Crippen molar-refractivity contribution in [1.29, 1.82) is 0 Å². The Morgan fingerprint density at radius 2 is 2.19 bits per heavy atom. The van der Waals surface area contributed by atoms with Crippen molar-refractivity contribution in [3.8, 4) is 5.75 Å². The number of halogens is 1. The van der Waals surface area contributed by atoms with E-state index in [0.717, 1.165) is 0 Å². The monoisotopic (exact) mass is 351 g/mol. The van der Waals surface area contributed by atoms with Crippen LogP contribution < -0.4 is 10.1 Å². The van der Waals surface area contributed by atoms with Crippen molar-refractivity contribution in [1.82, 2.24) is 4.98 Å². The molecule has 0 spiro atoms. The Balaban J connectivity index is 2.33.